The second-order valence-corrected chi connectivity index (χ2v) is 5.80. The Morgan fingerprint density at radius 2 is 1.81 bits per heavy atom. The lowest BCUT2D eigenvalue weighted by atomic mass is 10.1. The number of aliphatic hydroxyl groups is 2. The van der Waals surface area contributed by atoms with E-state index in [0.717, 1.165) is 0 Å². The van der Waals surface area contributed by atoms with E-state index in [2.05, 4.69) is 10.0 Å². The topological polar surface area (TPSA) is 102 Å². The molecule has 0 amide bonds. The van der Waals surface area contributed by atoms with E-state index in [4.69, 9.17) is 10.2 Å². The van der Waals surface area contributed by atoms with Crippen LogP contribution in [0, 0.1) is 0 Å². The zero-order valence-corrected chi connectivity index (χ0v) is 10.1. The van der Waals surface area contributed by atoms with Crippen LogP contribution in [-0.4, -0.2) is 67.9 Å². The summed E-state index contributed by atoms with van der Waals surface area (Å²) in [7, 11) is -3.64. The molecule has 1 rings (SSSR count). The Labute approximate surface area is 95.6 Å². The van der Waals surface area contributed by atoms with E-state index < -0.39 is 29.0 Å². The molecule has 1 heterocycles. The first-order valence-electron chi connectivity index (χ1n) is 5.15. The average molecular weight is 253 g/mol. The lowest BCUT2D eigenvalue weighted by molar-refractivity contribution is 0.119. The summed E-state index contributed by atoms with van der Waals surface area (Å²) in [5.74, 6) is 0. The zero-order chi connectivity index (χ0) is 12.2. The predicted octanol–water partition coefficient (Wildman–Crippen LogP) is -2.53. The van der Waals surface area contributed by atoms with Crippen molar-refractivity contribution in [1.29, 1.82) is 0 Å². The van der Waals surface area contributed by atoms with Crippen LogP contribution in [0.4, 0.5) is 0 Å². The maximum Gasteiger partial charge on any atom is 0.280 e. The molecule has 0 bridgehead atoms. The highest BCUT2D eigenvalue weighted by atomic mass is 32.2. The van der Waals surface area contributed by atoms with E-state index in [1.165, 1.54) is 11.2 Å². The fraction of sp³-hybridized carbons (Fsp3) is 1.00. The van der Waals surface area contributed by atoms with Crippen LogP contribution in [0.2, 0.25) is 0 Å². The van der Waals surface area contributed by atoms with Crippen molar-refractivity contribution < 1.29 is 18.6 Å². The van der Waals surface area contributed by atoms with Crippen molar-refractivity contribution >= 4 is 10.2 Å². The van der Waals surface area contributed by atoms with Crippen molar-refractivity contribution in [1.82, 2.24) is 14.3 Å². The Kier molecular flexibility index (Phi) is 4.65. The minimum Gasteiger partial charge on any atom is -0.394 e. The lowest BCUT2D eigenvalue weighted by Crippen LogP contribution is -2.58. The molecule has 0 saturated carbocycles. The molecule has 0 aromatic rings. The number of rotatable bonds is 5. The quantitative estimate of drug-likeness (QED) is 0.433. The molecule has 1 aliphatic rings. The van der Waals surface area contributed by atoms with Crippen LogP contribution in [0.15, 0.2) is 0 Å². The summed E-state index contributed by atoms with van der Waals surface area (Å²) in [6.07, 6.45) is 0. The SMILES string of the molecule is CC(CO)(CO)NS(=O)(=O)N1CCNCC1. The molecule has 16 heavy (non-hydrogen) atoms. The van der Waals surface area contributed by atoms with E-state index in [-0.39, 0.29) is 0 Å². The Balaban J connectivity index is 2.70. The van der Waals surface area contributed by atoms with Gasteiger partial charge in [-0.3, -0.25) is 0 Å². The first kappa shape index (κ1) is 13.8. The second-order valence-electron chi connectivity index (χ2n) is 4.13. The van der Waals surface area contributed by atoms with Gasteiger partial charge < -0.3 is 15.5 Å². The standard InChI is InChI=1S/C8H19N3O4S/c1-8(6-12,7-13)10-16(14,15)11-4-2-9-3-5-11/h9-10,12-13H,2-7H2,1H3. The molecule has 1 saturated heterocycles. The van der Waals surface area contributed by atoms with Crippen LogP contribution >= 0.6 is 0 Å². The second kappa shape index (κ2) is 5.39. The molecule has 0 unspecified atom stereocenters. The van der Waals surface area contributed by atoms with Gasteiger partial charge in [-0.2, -0.15) is 17.4 Å². The average Bonchev–Trinajstić information content (AvgIpc) is 2.29. The van der Waals surface area contributed by atoms with Crippen LogP contribution in [0.1, 0.15) is 6.92 Å². The van der Waals surface area contributed by atoms with Crippen LogP contribution in [0.3, 0.4) is 0 Å². The number of hydrogen-bond acceptors (Lipinski definition) is 5. The molecular weight excluding hydrogens is 234 g/mol. The third-order valence-electron chi connectivity index (χ3n) is 2.49. The maximum atomic E-state index is 11.9. The number of nitrogens with zero attached hydrogens (tertiary/aromatic N) is 1. The highest BCUT2D eigenvalue weighted by Gasteiger charge is 2.32. The zero-order valence-electron chi connectivity index (χ0n) is 9.31. The van der Waals surface area contributed by atoms with Gasteiger partial charge in [0.15, 0.2) is 0 Å². The molecule has 0 spiro atoms. The van der Waals surface area contributed by atoms with E-state index in [0.29, 0.717) is 26.2 Å². The highest BCUT2D eigenvalue weighted by molar-refractivity contribution is 7.87. The Morgan fingerprint density at radius 1 is 1.31 bits per heavy atom. The van der Waals surface area contributed by atoms with Crippen molar-refractivity contribution in [3.05, 3.63) is 0 Å². The van der Waals surface area contributed by atoms with Crippen molar-refractivity contribution in [2.75, 3.05) is 39.4 Å². The number of piperazine rings is 1. The Morgan fingerprint density at radius 3 is 2.25 bits per heavy atom. The summed E-state index contributed by atoms with van der Waals surface area (Å²) in [4.78, 5) is 0. The van der Waals surface area contributed by atoms with Crippen LogP contribution in [0.25, 0.3) is 0 Å². The monoisotopic (exact) mass is 253 g/mol. The molecule has 1 fully saturated rings. The van der Waals surface area contributed by atoms with E-state index in [1.807, 2.05) is 0 Å². The molecule has 1 aliphatic heterocycles. The molecule has 4 N–H and O–H groups in total. The van der Waals surface area contributed by atoms with Crippen molar-refractivity contribution in [2.45, 2.75) is 12.5 Å². The summed E-state index contributed by atoms with van der Waals surface area (Å²) >= 11 is 0. The molecule has 0 aromatic carbocycles. The van der Waals surface area contributed by atoms with Gasteiger partial charge in [-0.25, -0.2) is 0 Å². The summed E-state index contributed by atoms with van der Waals surface area (Å²) in [6.45, 7) is 2.55. The first-order valence-corrected chi connectivity index (χ1v) is 6.59. The summed E-state index contributed by atoms with van der Waals surface area (Å²) in [5, 5.41) is 21.1. The summed E-state index contributed by atoms with van der Waals surface area (Å²) in [6, 6.07) is 0. The molecule has 0 radical (unpaired) electrons. The largest absolute Gasteiger partial charge is 0.394 e. The minimum absolute atomic E-state index is 0.391. The van der Waals surface area contributed by atoms with E-state index in [1.54, 1.807) is 0 Å². The van der Waals surface area contributed by atoms with Gasteiger partial charge in [0.2, 0.25) is 0 Å². The van der Waals surface area contributed by atoms with Crippen molar-refractivity contribution in [3.63, 3.8) is 0 Å². The van der Waals surface area contributed by atoms with Crippen LogP contribution < -0.4 is 10.0 Å². The van der Waals surface area contributed by atoms with Gasteiger partial charge in [-0.05, 0) is 6.92 Å². The number of hydrogen-bond donors (Lipinski definition) is 4. The fourth-order valence-corrected chi connectivity index (χ4v) is 2.92. The van der Waals surface area contributed by atoms with E-state index >= 15 is 0 Å². The third kappa shape index (κ3) is 3.37. The number of aliphatic hydroxyl groups excluding tert-OH is 2. The fourth-order valence-electron chi connectivity index (χ4n) is 1.38. The summed E-state index contributed by atoms with van der Waals surface area (Å²) < 4.78 is 27.4. The lowest BCUT2D eigenvalue weighted by Gasteiger charge is -2.32. The van der Waals surface area contributed by atoms with E-state index in [9.17, 15) is 8.42 Å². The molecule has 0 aromatic heterocycles. The van der Waals surface area contributed by atoms with Crippen LogP contribution in [0.5, 0.6) is 0 Å². The predicted molar refractivity (Wildman–Crippen MR) is 59.1 cm³/mol. The van der Waals surface area contributed by atoms with Crippen molar-refractivity contribution in [2.24, 2.45) is 0 Å². The van der Waals surface area contributed by atoms with Gasteiger partial charge in [0, 0.05) is 26.2 Å². The minimum atomic E-state index is -3.64. The smallest absolute Gasteiger partial charge is 0.280 e. The molecular formula is C8H19N3O4S. The van der Waals surface area contributed by atoms with Gasteiger partial charge in [0.05, 0.1) is 18.8 Å². The highest BCUT2D eigenvalue weighted by Crippen LogP contribution is 2.08. The Hall–Kier alpha value is -0.250. The molecule has 0 aliphatic carbocycles. The molecule has 8 heteroatoms. The maximum absolute atomic E-state index is 11.9. The van der Waals surface area contributed by atoms with Crippen molar-refractivity contribution in [3.8, 4) is 0 Å². The number of nitrogens with one attached hydrogen (secondary N) is 2. The van der Waals surface area contributed by atoms with Crippen LogP contribution in [-0.2, 0) is 10.2 Å². The Bertz CT molecular complexity index is 309. The molecule has 0 atom stereocenters. The molecule has 7 nitrogen and oxygen atoms in total. The summed E-state index contributed by atoms with van der Waals surface area (Å²) in [5.41, 5.74) is -1.22. The van der Waals surface area contributed by atoms with Gasteiger partial charge in [0.25, 0.3) is 10.2 Å². The van der Waals surface area contributed by atoms with Gasteiger partial charge in [0.1, 0.15) is 0 Å². The normalized spacial score (nSPS) is 19.9. The first-order chi connectivity index (χ1) is 7.43. The third-order valence-corrected chi connectivity index (χ3v) is 4.28. The van der Waals surface area contributed by atoms with Gasteiger partial charge in [-0.1, -0.05) is 0 Å². The van der Waals surface area contributed by atoms with Gasteiger partial charge >= 0.3 is 0 Å². The van der Waals surface area contributed by atoms with Gasteiger partial charge in [-0.15, -0.1) is 0 Å². The molecule has 96 valence electrons.